The number of likely N-dealkylation sites (N-methyl/N-ethyl adjacent to an activating group) is 1. The Hall–Kier alpha value is -2.34. The van der Waals surface area contributed by atoms with E-state index in [-0.39, 0.29) is 23.4 Å². The van der Waals surface area contributed by atoms with Crippen LogP contribution in [0, 0.1) is 12.7 Å². The topological polar surface area (TPSA) is 49.4 Å². The fourth-order valence-electron chi connectivity index (χ4n) is 2.83. The molecule has 1 N–H and O–H groups in total. The molecule has 0 aliphatic heterocycles. The summed E-state index contributed by atoms with van der Waals surface area (Å²) in [7, 11) is 0. The number of hydrogen-bond acceptors (Lipinski definition) is 3. The summed E-state index contributed by atoms with van der Waals surface area (Å²) in [5, 5.41) is 2.79. The molecule has 2 aromatic carbocycles. The smallest absolute Gasteiger partial charge is 0.242 e. The van der Waals surface area contributed by atoms with Crippen LogP contribution in [0.1, 0.15) is 30.5 Å². The zero-order chi connectivity index (χ0) is 20.5. The summed E-state index contributed by atoms with van der Waals surface area (Å²) in [6.07, 6.45) is 0. The Bertz CT molecular complexity index is 795. The number of carbonyl (C=O) groups excluding carboxylic acids is 2. The SMILES string of the molecule is CCNC(=O)[C@@H](C)N(Cc1cccc(C)c1)C(=O)CSCc1ccc(F)cc1. The number of amides is 2. The molecule has 0 aliphatic carbocycles. The molecule has 0 spiro atoms. The zero-order valence-electron chi connectivity index (χ0n) is 16.6. The first-order valence-corrected chi connectivity index (χ1v) is 10.5. The van der Waals surface area contributed by atoms with E-state index in [1.807, 2.05) is 38.1 Å². The van der Waals surface area contributed by atoms with Crippen molar-refractivity contribution in [2.45, 2.75) is 39.1 Å². The van der Waals surface area contributed by atoms with Crippen LogP contribution < -0.4 is 5.32 Å². The number of rotatable bonds is 9. The molecule has 0 fully saturated rings. The number of carbonyl (C=O) groups is 2. The lowest BCUT2D eigenvalue weighted by molar-refractivity contribution is -0.138. The molecule has 0 heterocycles. The van der Waals surface area contributed by atoms with Crippen molar-refractivity contribution in [1.82, 2.24) is 10.2 Å². The van der Waals surface area contributed by atoms with Gasteiger partial charge in [0.2, 0.25) is 11.8 Å². The average Bonchev–Trinajstić information content (AvgIpc) is 2.67. The van der Waals surface area contributed by atoms with Crippen molar-refractivity contribution in [2.24, 2.45) is 0 Å². The molecule has 2 rings (SSSR count). The van der Waals surface area contributed by atoms with Gasteiger partial charge in [-0.25, -0.2) is 4.39 Å². The van der Waals surface area contributed by atoms with Crippen molar-refractivity contribution < 1.29 is 14.0 Å². The highest BCUT2D eigenvalue weighted by molar-refractivity contribution is 7.99. The van der Waals surface area contributed by atoms with Gasteiger partial charge in [-0.05, 0) is 44.0 Å². The Labute approximate surface area is 170 Å². The van der Waals surface area contributed by atoms with E-state index in [1.165, 1.54) is 23.9 Å². The maximum atomic E-state index is 13.0. The van der Waals surface area contributed by atoms with Crippen LogP contribution in [0.4, 0.5) is 4.39 Å². The molecular formula is C22H27FN2O2S. The fourth-order valence-corrected chi connectivity index (χ4v) is 3.70. The van der Waals surface area contributed by atoms with E-state index < -0.39 is 6.04 Å². The largest absolute Gasteiger partial charge is 0.355 e. The van der Waals surface area contributed by atoms with E-state index in [9.17, 15) is 14.0 Å². The molecule has 2 aromatic rings. The van der Waals surface area contributed by atoms with Gasteiger partial charge in [-0.1, -0.05) is 42.0 Å². The molecule has 28 heavy (non-hydrogen) atoms. The fraction of sp³-hybridized carbons (Fsp3) is 0.364. The zero-order valence-corrected chi connectivity index (χ0v) is 17.4. The van der Waals surface area contributed by atoms with Crippen molar-refractivity contribution in [3.05, 3.63) is 71.0 Å². The molecule has 1 atom stereocenters. The summed E-state index contributed by atoms with van der Waals surface area (Å²) in [4.78, 5) is 26.8. The van der Waals surface area contributed by atoms with Crippen LogP contribution >= 0.6 is 11.8 Å². The van der Waals surface area contributed by atoms with Crippen LogP contribution in [0.2, 0.25) is 0 Å². The van der Waals surface area contributed by atoms with Gasteiger partial charge in [-0.3, -0.25) is 9.59 Å². The molecule has 150 valence electrons. The normalized spacial score (nSPS) is 11.7. The van der Waals surface area contributed by atoms with E-state index in [2.05, 4.69) is 5.32 Å². The average molecular weight is 403 g/mol. The summed E-state index contributed by atoms with van der Waals surface area (Å²) in [6.45, 7) is 6.52. The maximum absolute atomic E-state index is 13.0. The molecule has 4 nitrogen and oxygen atoms in total. The third kappa shape index (κ3) is 6.68. The number of nitrogens with one attached hydrogen (secondary N) is 1. The van der Waals surface area contributed by atoms with E-state index in [1.54, 1.807) is 24.0 Å². The Morgan fingerprint density at radius 3 is 2.50 bits per heavy atom. The van der Waals surface area contributed by atoms with Crippen molar-refractivity contribution in [1.29, 1.82) is 0 Å². The van der Waals surface area contributed by atoms with Crippen LogP contribution in [-0.2, 0) is 21.9 Å². The number of hydrogen-bond donors (Lipinski definition) is 1. The molecule has 0 aliphatic rings. The van der Waals surface area contributed by atoms with Crippen molar-refractivity contribution in [2.75, 3.05) is 12.3 Å². The second-order valence-corrected chi connectivity index (χ2v) is 7.69. The second kappa shape index (κ2) is 10.9. The molecule has 0 unspecified atom stereocenters. The highest BCUT2D eigenvalue weighted by atomic mass is 32.2. The van der Waals surface area contributed by atoms with Crippen LogP contribution in [0.3, 0.4) is 0 Å². The van der Waals surface area contributed by atoms with Crippen molar-refractivity contribution in [3.63, 3.8) is 0 Å². The molecule has 0 saturated carbocycles. The highest BCUT2D eigenvalue weighted by Crippen LogP contribution is 2.17. The summed E-state index contributed by atoms with van der Waals surface area (Å²) in [5.41, 5.74) is 3.07. The minimum absolute atomic E-state index is 0.0904. The van der Waals surface area contributed by atoms with E-state index >= 15 is 0 Å². The summed E-state index contributed by atoms with van der Waals surface area (Å²) in [6, 6.07) is 13.6. The summed E-state index contributed by atoms with van der Waals surface area (Å²) >= 11 is 1.46. The van der Waals surface area contributed by atoms with E-state index in [0.29, 0.717) is 18.8 Å². The van der Waals surface area contributed by atoms with Crippen LogP contribution in [0.15, 0.2) is 48.5 Å². The molecule has 6 heteroatoms. The number of thioether (sulfide) groups is 1. The van der Waals surface area contributed by atoms with Gasteiger partial charge >= 0.3 is 0 Å². The van der Waals surface area contributed by atoms with Crippen LogP contribution in [-0.4, -0.2) is 35.1 Å². The van der Waals surface area contributed by atoms with Crippen molar-refractivity contribution in [3.8, 4) is 0 Å². The Morgan fingerprint density at radius 1 is 1.14 bits per heavy atom. The van der Waals surface area contributed by atoms with Gasteiger partial charge in [-0.15, -0.1) is 11.8 Å². The second-order valence-electron chi connectivity index (χ2n) is 6.70. The monoisotopic (exact) mass is 402 g/mol. The number of benzene rings is 2. The number of aryl methyl sites for hydroxylation is 1. The first-order chi connectivity index (χ1) is 13.4. The lowest BCUT2D eigenvalue weighted by Crippen LogP contribution is -2.48. The van der Waals surface area contributed by atoms with Gasteiger partial charge in [0, 0.05) is 18.8 Å². The number of halogens is 1. The lowest BCUT2D eigenvalue weighted by atomic mass is 10.1. The third-order valence-corrected chi connectivity index (χ3v) is 5.35. The standard InChI is InChI=1S/C22H27FN2O2S/c1-4-24-22(27)17(3)25(13-19-7-5-6-16(2)12-19)21(26)15-28-14-18-8-10-20(23)11-9-18/h5-12,17H,4,13-15H2,1-3H3,(H,24,27)/t17-/m1/s1. The predicted molar refractivity (Wildman–Crippen MR) is 112 cm³/mol. The third-order valence-electron chi connectivity index (χ3n) is 4.36. The lowest BCUT2D eigenvalue weighted by Gasteiger charge is -2.28. The molecular weight excluding hydrogens is 375 g/mol. The number of nitrogens with zero attached hydrogens (tertiary/aromatic N) is 1. The van der Waals surface area contributed by atoms with Gasteiger partial charge in [0.1, 0.15) is 11.9 Å². The Morgan fingerprint density at radius 2 is 1.86 bits per heavy atom. The Kier molecular flexibility index (Phi) is 8.51. The van der Waals surface area contributed by atoms with E-state index in [0.717, 1.165) is 16.7 Å². The summed E-state index contributed by atoms with van der Waals surface area (Å²) < 4.78 is 13.0. The van der Waals surface area contributed by atoms with Gasteiger partial charge in [0.05, 0.1) is 5.75 Å². The highest BCUT2D eigenvalue weighted by Gasteiger charge is 2.25. The maximum Gasteiger partial charge on any atom is 0.242 e. The molecule has 0 radical (unpaired) electrons. The first kappa shape index (κ1) is 22.0. The van der Waals surface area contributed by atoms with Gasteiger partial charge in [0.15, 0.2) is 0 Å². The summed E-state index contributed by atoms with van der Waals surface area (Å²) in [5.74, 6) is 0.344. The van der Waals surface area contributed by atoms with Crippen LogP contribution in [0.25, 0.3) is 0 Å². The van der Waals surface area contributed by atoms with Gasteiger partial charge < -0.3 is 10.2 Å². The quantitative estimate of drug-likeness (QED) is 0.692. The molecule has 0 aromatic heterocycles. The first-order valence-electron chi connectivity index (χ1n) is 9.35. The minimum atomic E-state index is -0.556. The van der Waals surface area contributed by atoms with Crippen molar-refractivity contribution >= 4 is 23.6 Å². The predicted octanol–water partition coefficient (Wildman–Crippen LogP) is 3.92. The molecule has 0 bridgehead atoms. The molecule has 0 saturated heterocycles. The minimum Gasteiger partial charge on any atom is -0.355 e. The Balaban J connectivity index is 2.04. The van der Waals surface area contributed by atoms with Crippen LogP contribution in [0.5, 0.6) is 0 Å². The van der Waals surface area contributed by atoms with E-state index in [4.69, 9.17) is 0 Å². The van der Waals surface area contributed by atoms with Gasteiger partial charge in [0.25, 0.3) is 0 Å². The molecule has 2 amide bonds. The van der Waals surface area contributed by atoms with Gasteiger partial charge in [-0.2, -0.15) is 0 Å².